The molecule has 1 heterocycles. The number of likely N-dealkylation sites (tertiary alicyclic amines) is 1. The number of ether oxygens (including phenoxy) is 1. The molecule has 6 heteroatoms. The lowest BCUT2D eigenvalue weighted by Gasteiger charge is -2.46. The Morgan fingerprint density at radius 3 is 2.26 bits per heavy atom. The number of allylic oxidation sites excluding steroid dienone is 3. The molecule has 3 aromatic carbocycles. The summed E-state index contributed by atoms with van der Waals surface area (Å²) in [6, 6.07) is 29.1. The van der Waals surface area contributed by atoms with Gasteiger partial charge in [-0.25, -0.2) is 0 Å². The maximum absolute atomic E-state index is 13.5. The molecule has 6 nitrogen and oxygen atoms in total. The maximum Gasteiger partial charge on any atom is 0.315 e. The highest BCUT2D eigenvalue weighted by Gasteiger charge is 2.54. The van der Waals surface area contributed by atoms with Crippen molar-refractivity contribution in [2.24, 2.45) is 22.2 Å². The van der Waals surface area contributed by atoms with Crippen molar-refractivity contribution in [2.45, 2.75) is 24.7 Å². The van der Waals surface area contributed by atoms with Crippen LogP contribution in [0.4, 0.5) is 0 Å². The molecule has 1 N–H and O–H groups in total. The molecule has 2 aliphatic carbocycles. The van der Waals surface area contributed by atoms with Crippen LogP contribution < -0.4 is 4.74 Å². The summed E-state index contributed by atoms with van der Waals surface area (Å²) in [5, 5.41) is 10.2. The van der Waals surface area contributed by atoms with Gasteiger partial charge in [-0.3, -0.25) is 19.5 Å². The number of carboxylic acid groups (broad SMARTS) is 1. The fourth-order valence-corrected chi connectivity index (χ4v) is 7.45. The van der Waals surface area contributed by atoms with E-state index in [0.717, 1.165) is 24.2 Å². The minimum atomic E-state index is -1.09. The molecule has 1 saturated carbocycles. The van der Waals surface area contributed by atoms with Gasteiger partial charge in [0.05, 0.1) is 19.4 Å². The van der Waals surface area contributed by atoms with E-state index >= 15 is 0 Å². The first-order valence-corrected chi connectivity index (χ1v) is 15.1. The predicted molar refractivity (Wildman–Crippen MR) is 169 cm³/mol. The Hall–Kier alpha value is -4.29. The third-order valence-corrected chi connectivity index (χ3v) is 9.70. The molecule has 0 spiro atoms. The van der Waals surface area contributed by atoms with Crippen LogP contribution in [0.3, 0.4) is 0 Å². The lowest BCUT2D eigenvalue weighted by molar-refractivity contribution is -0.145. The minimum Gasteiger partial charge on any atom is -0.496 e. The van der Waals surface area contributed by atoms with Crippen LogP contribution in [-0.4, -0.2) is 60.8 Å². The van der Waals surface area contributed by atoms with Crippen LogP contribution in [0.2, 0.25) is 0 Å². The first-order chi connectivity index (χ1) is 21.0. The number of benzene rings is 3. The number of carbonyl (C=O) groups excluding carboxylic acids is 1. The molecule has 6 rings (SSSR count). The number of aliphatic carboxylic acids is 1. The van der Waals surface area contributed by atoms with Crippen molar-refractivity contribution < 1.29 is 19.4 Å². The van der Waals surface area contributed by atoms with Crippen LogP contribution in [0.1, 0.15) is 36.0 Å². The van der Waals surface area contributed by atoms with Crippen LogP contribution in [0.25, 0.3) is 0 Å². The van der Waals surface area contributed by atoms with Crippen LogP contribution in [-0.2, 0) is 15.0 Å². The zero-order valence-electron chi connectivity index (χ0n) is 24.6. The summed E-state index contributed by atoms with van der Waals surface area (Å²) < 4.78 is 5.72. The number of fused-ring (bicyclic) bond motifs is 1. The van der Waals surface area contributed by atoms with E-state index < -0.39 is 11.4 Å². The molecule has 0 amide bonds. The normalized spacial score (nSPS) is 25.0. The molecule has 43 heavy (non-hydrogen) atoms. The van der Waals surface area contributed by atoms with E-state index in [1.54, 1.807) is 19.3 Å². The van der Waals surface area contributed by atoms with E-state index in [1.807, 2.05) is 48.6 Å². The summed E-state index contributed by atoms with van der Waals surface area (Å²) in [6.45, 7) is 2.00. The topological polar surface area (TPSA) is 79.2 Å². The number of aliphatic imine (C=N–C) groups is 1. The second-order valence-electron chi connectivity index (χ2n) is 12.0. The zero-order valence-corrected chi connectivity index (χ0v) is 24.6. The van der Waals surface area contributed by atoms with Gasteiger partial charge in [0, 0.05) is 43.0 Å². The number of carboxylic acids is 1. The van der Waals surface area contributed by atoms with Gasteiger partial charge in [-0.2, -0.15) is 0 Å². The van der Waals surface area contributed by atoms with E-state index in [2.05, 4.69) is 53.4 Å². The van der Waals surface area contributed by atoms with Crippen molar-refractivity contribution in [3.63, 3.8) is 0 Å². The van der Waals surface area contributed by atoms with Crippen LogP contribution in [0, 0.1) is 17.3 Å². The number of rotatable bonds is 9. The number of Topliss-reactive ketones (excluding diaryl/α,β-unsaturated/α-hetero) is 1. The predicted octanol–water partition coefficient (Wildman–Crippen LogP) is 5.97. The fourth-order valence-electron chi connectivity index (χ4n) is 7.45. The van der Waals surface area contributed by atoms with Gasteiger partial charge in [0.2, 0.25) is 0 Å². The lowest BCUT2D eigenvalue weighted by atomic mass is 9.56. The van der Waals surface area contributed by atoms with Gasteiger partial charge in [0.15, 0.2) is 0 Å². The highest BCUT2D eigenvalue weighted by Crippen LogP contribution is 2.52. The molecular weight excluding hydrogens is 536 g/mol. The smallest absolute Gasteiger partial charge is 0.315 e. The van der Waals surface area contributed by atoms with Crippen LogP contribution in [0.15, 0.2) is 114 Å². The number of carbonyl (C=O) groups is 2. The summed E-state index contributed by atoms with van der Waals surface area (Å²) in [6.07, 6.45) is 9.02. The van der Waals surface area contributed by atoms with Crippen molar-refractivity contribution in [1.82, 2.24) is 4.90 Å². The Balaban J connectivity index is 1.37. The quantitative estimate of drug-likeness (QED) is 0.319. The SMILES string of the molecule is COc1ccccc1C(CN1CC2C(=O)CCC(c3ccccc3)(c3ccccc3)C2C1)=NC[C@@]1(C(=O)O)C=CC=CC1. The summed E-state index contributed by atoms with van der Waals surface area (Å²) in [5.74, 6) is 0.152. The minimum absolute atomic E-state index is 0.0927. The third kappa shape index (κ3) is 5.36. The molecule has 1 aliphatic heterocycles. The van der Waals surface area contributed by atoms with Crippen molar-refractivity contribution in [3.05, 3.63) is 126 Å². The standard InChI is InChI=1S/C37H38N2O4/c1-43-34-18-10-9-17-29(34)32(38-26-36(35(41)42)20-11-4-12-21-36)25-39-23-30-31(24-39)37(22-19-33(30)40,27-13-5-2-6-14-27)28-15-7-3-8-16-28/h2-18,20,30-31H,19,21-26H2,1H3,(H,41,42)/t30?,31?,36-/m1/s1. The van der Waals surface area contributed by atoms with Gasteiger partial charge >= 0.3 is 5.97 Å². The van der Waals surface area contributed by atoms with Crippen molar-refractivity contribution >= 4 is 17.5 Å². The van der Waals surface area contributed by atoms with E-state index in [1.165, 1.54) is 11.1 Å². The molecule has 3 aliphatic rings. The van der Waals surface area contributed by atoms with Gasteiger partial charge in [-0.05, 0) is 42.0 Å². The molecule has 2 unspecified atom stereocenters. The monoisotopic (exact) mass is 574 g/mol. The Labute approximate surface area is 253 Å². The van der Waals surface area contributed by atoms with Crippen molar-refractivity contribution in [1.29, 1.82) is 0 Å². The highest BCUT2D eigenvalue weighted by molar-refractivity contribution is 6.04. The van der Waals surface area contributed by atoms with E-state index in [-0.39, 0.29) is 23.8 Å². The van der Waals surface area contributed by atoms with Crippen molar-refractivity contribution in [2.75, 3.05) is 33.3 Å². The van der Waals surface area contributed by atoms with Gasteiger partial charge in [-0.1, -0.05) is 97.1 Å². The lowest BCUT2D eigenvalue weighted by Crippen LogP contribution is -2.47. The van der Waals surface area contributed by atoms with E-state index in [9.17, 15) is 14.7 Å². The fraction of sp³-hybridized carbons (Fsp3) is 0.324. The van der Waals surface area contributed by atoms with Crippen molar-refractivity contribution in [3.8, 4) is 5.75 Å². The average molecular weight is 575 g/mol. The molecule has 0 bridgehead atoms. The second-order valence-corrected chi connectivity index (χ2v) is 12.0. The Morgan fingerprint density at radius 2 is 1.63 bits per heavy atom. The van der Waals surface area contributed by atoms with Crippen LogP contribution >= 0.6 is 0 Å². The molecular formula is C37H38N2O4. The number of ketones is 1. The number of nitrogens with zero attached hydrogens (tertiary/aromatic N) is 2. The largest absolute Gasteiger partial charge is 0.496 e. The molecule has 3 atom stereocenters. The maximum atomic E-state index is 13.5. The van der Waals surface area contributed by atoms with E-state index in [0.29, 0.717) is 37.5 Å². The van der Waals surface area contributed by atoms with E-state index in [4.69, 9.17) is 9.73 Å². The number of methoxy groups -OCH3 is 1. The molecule has 3 aromatic rings. The first-order valence-electron chi connectivity index (χ1n) is 15.1. The number of para-hydroxylation sites is 1. The zero-order chi connectivity index (χ0) is 29.9. The molecule has 220 valence electrons. The van der Waals surface area contributed by atoms with Gasteiger partial charge in [0.25, 0.3) is 0 Å². The van der Waals surface area contributed by atoms with Gasteiger partial charge in [0.1, 0.15) is 16.9 Å². The molecule has 0 aromatic heterocycles. The third-order valence-electron chi connectivity index (χ3n) is 9.70. The Kier molecular flexibility index (Phi) is 8.13. The van der Waals surface area contributed by atoms with Crippen LogP contribution in [0.5, 0.6) is 5.75 Å². The molecule has 1 saturated heterocycles. The number of hydrogen-bond donors (Lipinski definition) is 1. The Bertz CT molecular complexity index is 1520. The summed E-state index contributed by atoms with van der Waals surface area (Å²) >= 11 is 0. The molecule has 0 radical (unpaired) electrons. The summed E-state index contributed by atoms with van der Waals surface area (Å²) in [5.41, 5.74) is 2.77. The van der Waals surface area contributed by atoms with Gasteiger partial charge < -0.3 is 9.84 Å². The Morgan fingerprint density at radius 1 is 0.953 bits per heavy atom. The van der Waals surface area contributed by atoms with Gasteiger partial charge in [-0.15, -0.1) is 0 Å². The summed E-state index contributed by atoms with van der Waals surface area (Å²) in [7, 11) is 1.64. The average Bonchev–Trinajstić information content (AvgIpc) is 3.50. The highest BCUT2D eigenvalue weighted by atomic mass is 16.5. The second kappa shape index (κ2) is 12.1. The number of hydrogen-bond acceptors (Lipinski definition) is 5. The molecule has 2 fully saturated rings. The first kappa shape index (κ1) is 28.8. The summed E-state index contributed by atoms with van der Waals surface area (Å²) in [4.78, 5) is 33.3.